The molecule has 0 aliphatic heterocycles. The summed E-state index contributed by atoms with van der Waals surface area (Å²) in [5, 5.41) is 14.1. The maximum Gasteiger partial charge on any atom is 0.356 e. The minimum absolute atomic E-state index is 0.116. The van der Waals surface area contributed by atoms with Crippen LogP contribution in [0, 0.1) is 0 Å². The number of hydrogen-bond acceptors (Lipinski definition) is 3. The molecule has 0 fully saturated rings. The van der Waals surface area contributed by atoms with Crippen LogP contribution in [0.15, 0.2) is 45.5 Å². The van der Waals surface area contributed by atoms with Crippen LogP contribution in [-0.4, -0.2) is 22.1 Å². The number of carbonyl (C=O) groups is 2. The van der Waals surface area contributed by atoms with Crippen LogP contribution in [0.3, 0.4) is 0 Å². The zero-order valence-corrected chi connectivity index (χ0v) is 13.6. The Morgan fingerprint density at radius 3 is 2.33 bits per heavy atom. The van der Waals surface area contributed by atoms with E-state index in [4.69, 9.17) is 5.11 Å². The lowest BCUT2D eigenvalue weighted by atomic mass is 10.3. The molecule has 108 valence electrons. The number of pyridine rings is 1. The van der Waals surface area contributed by atoms with Gasteiger partial charge in [0.2, 0.25) is 0 Å². The molecular formula is C13H9Br2N3O3. The summed E-state index contributed by atoms with van der Waals surface area (Å²) in [6, 6.07) is 7.78. The second-order valence-corrected chi connectivity index (χ2v) is 5.59. The first-order chi connectivity index (χ1) is 9.99. The van der Waals surface area contributed by atoms with E-state index in [2.05, 4.69) is 47.5 Å². The van der Waals surface area contributed by atoms with Gasteiger partial charge in [0.1, 0.15) is 0 Å². The number of amides is 2. The van der Waals surface area contributed by atoms with E-state index in [9.17, 15) is 9.59 Å². The zero-order chi connectivity index (χ0) is 15.4. The van der Waals surface area contributed by atoms with Crippen LogP contribution in [0.4, 0.5) is 16.2 Å². The average Bonchev–Trinajstić information content (AvgIpc) is 2.43. The van der Waals surface area contributed by atoms with Gasteiger partial charge >= 0.3 is 12.0 Å². The largest absolute Gasteiger partial charge is 0.476 e. The van der Waals surface area contributed by atoms with E-state index in [-0.39, 0.29) is 11.4 Å². The molecule has 0 saturated carbocycles. The number of rotatable bonds is 3. The van der Waals surface area contributed by atoms with Crippen molar-refractivity contribution in [3.8, 4) is 0 Å². The van der Waals surface area contributed by atoms with Gasteiger partial charge in [-0.05, 0) is 56.1 Å². The normalized spacial score (nSPS) is 10.0. The predicted octanol–water partition coefficient (Wildman–Crippen LogP) is 3.95. The third kappa shape index (κ3) is 3.79. The number of hydrogen-bond donors (Lipinski definition) is 3. The van der Waals surface area contributed by atoms with Gasteiger partial charge in [0.25, 0.3) is 0 Å². The second-order valence-electron chi connectivity index (χ2n) is 3.88. The van der Waals surface area contributed by atoms with Gasteiger partial charge in [0, 0.05) is 15.1 Å². The monoisotopic (exact) mass is 413 g/mol. The number of nitrogens with zero attached hydrogens (tertiary/aromatic N) is 1. The van der Waals surface area contributed by atoms with E-state index in [0.29, 0.717) is 14.6 Å². The van der Waals surface area contributed by atoms with Crippen LogP contribution >= 0.6 is 31.9 Å². The zero-order valence-electron chi connectivity index (χ0n) is 10.4. The van der Waals surface area contributed by atoms with Gasteiger partial charge in [0.15, 0.2) is 5.69 Å². The number of para-hydroxylation sites is 1. The SMILES string of the molecule is O=C(Nc1cccnc1C(=O)O)Nc1c(Br)cccc1Br. The number of urea groups is 1. The number of carboxylic acids is 1. The minimum atomic E-state index is -1.21. The summed E-state index contributed by atoms with van der Waals surface area (Å²) in [6.45, 7) is 0. The van der Waals surface area contributed by atoms with Gasteiger partial charge in [-0.1, -0.05) is 6.07 Å². The summed E-state index contributed by atoms with van der Waals surface area (Å²) in [4.78, 5) is 26.7. The van der Waals surface area contributed by atoms with Crippen molar-refractivity contribution in [3.63, 3.8) is 0 Å². The lowest BCUT2D eigenvalue weighted by Crippen LogP contribution is -2.21. The second kappa shape index (κ2) is 6.68. The third-order valence-corrected chi connectivity index (χ3v) is 3.78. The average molecular weight is 415 g/mol. The van der Waals surface area contributed by atoms with Crippen molar-refractivity contribution in [2.24, 2.45) is 0 Å². The Bertz CT molecular complexity index is 687. The Kier molecular flexibility index (Phi) is 4.92. The van der Waals surface area contributed by atoms with E-state index in [1.807, 2.05) is 0 Å². The highest BCUT2D eigenvalue weighted by atomic mass is 79.9. The molecule has 0 saturated heterocycles. The lowest BCUT2D eigenvalue weighted by Gasteiger charge is -2.11. The Morgan fingerprint density at radius 2 is 1.71 bits per heavy atom. The number of anilines is 2. The van der Waals surface area contributed by atoms with E-state index in [1.54, 1.807) is 18.2 Å². The molecule has 1 heterocycles. The van der Waals surface area contributed by atoms with Crippen LogP contribution in [-0.2, 0) is 0 Å². The molecule has 0 aliphatic rings. The minimum Gasteiger partial charge on any atom is -0.476 e. The molecule has 0 bridgehead atoms. The lowest BCUT2D eigenvalue weighted by molar-refractivity contribution is 0.0692. The summed E-state index contributed by atoms with van der Waals surface area (Å²) in [5.41, 5.74) is 0.431. The fraction of sp³-hybridized carbons (Fsp3) is 0. The van der Waals surface area contributed by atoms with Gasteiger partial charge in [0.05, 0.1) is 11.4 Å². The molecule has 2 amide bonds. The number of aromatic nitrogens is 1. The van der Waals surface area contributed by atoms with Crippen molar-refractivity contribution in [1.82, 2.24) is 4.98 Å². The molecule has 0 spiro atoms. The highest BCUT2D eigenvalue weighted by molar-refractivity contribution is 9.11. The smallest absolute Gasteiger partial charge is 0.356 e. The first kappa shape index (κ1) is 15.5. The first-order valence-electron chi connectivity index (χ1n) is 5.69. The van der Waals surface area contributed by atoms with Crippen LogP contribution in [0.25, 0.3) is 0 Å². The van der Waals surface area contributed by atoms with Gasteiger partial charge in [-0.2, -0.15) is 0 Å². The topological polar surface area (TPSA) is 91.3 Å². The number of halogens is 2. The summed E-state index contributed by atoms with van der Waals surface area (Å²) in [7, 11) is 0. The first-order valence-corrected chi connectivity index (χ1v) is 7.28. The number of carbonyl (C=O) groups excluding carboxylic acids is 1. The van der Waals surface area contributed by atoms with Crippen molar-refractivity contribution in [3.05, 3.63) is 51.2 Å². The van der Waals surface area contributed by atoms with Crippen molar-refractivity contribution in [2.75, 3.05) is 10.6 Å². The van der Waals surface area contributed by atoms with Crippen LogP contribution in [0.1, 0.15) is 10.5 Å². The maximum atomic E-state index is 12.0. The molecule has 2 rings (SSSR count). The summed E-state index contributed by atoms with van der Waals surface area (Å²) in [5.74, 6) is -1.21. The number of nitrogens with one attached hydrogen (secondary N) is 2. The molecule has 1 aromatic carbocycles. The van der Waals surface area contributed by atoms with Crippen molar-refractivity contribution in [1.29, 1.82) is 0 Å². The highest BCUT2D eigenvalue weighted by Gasteiger charge is 2.14. The van der Waals surface area contributed by atoms with E-state index >= 15 is 0 Å². The van der Waals surface area contributed by atoms with Gasteiger partial charge in [-0.15, -0.1) is 0 Å². The molecule has 6 nitrogen and oxygen atoms in total. The number of benzene rings is 1. The molecule has 8 heteroatoms. The third-order valence-electron chi connectivity index (χ3n) is 2.46. The highest BCUT2D eigenvalue weighted by Crippen LogP contribution is 2.30. The van der Waals surface area contributed by atoms with Crippen molar-refractivity contribution < 1.29 is 14.7 Å². The predicted molar refractivity (Wildman–Crippen MR) is 85.7 cm³/mol. The molecule has 21 heavy (non-hydrogen) atoms. The quantitative estimate of drug-likeness (QED) is 0.709. The number of carboxylic acid groups (broad SMARTS) is 1. The Labute approximate surface area is 136 Å². The molecule has 3 N–H and O–H groups in total. The molecule has 0 atom stereocenters. The fourth-order valence-corrected chi connectivity index (χ4v) is 2.76. The molecule has 0 unspecified atom stereocenters. The van der Waals surface area contributed by atoms with Crippen molar-refractivity contribution in [2.45, 2.75) is 0 Å². The van der Waals surface area contributed by atoms with Crippen LogP contribution < -0.4 is 10.6 Å². The Balaban J connectivity index is 2.18. The molecule has 0 aliphatic carbocycles. The summed E-state index contributed by atoms with van der Waals surface area (Å²) >= 11 is 6.64. The molecule has 2 aromatic rings. The van der Waals surface area contributed by atoms with Gasteiger partial charge < -0.3 is 15.7 Å². The Hall–Kier alpha value is -1.93. The van der Waals surface area contributed by atoms with Crippen LogP contribution in [0.5, 0.6) is 0 Å². The van der Waals surface area contributed by atoms with E-state index in [0.717, 1.165) is 0 Å². The van der Waals surface area contributed by atoms with E-state index < -0.39 is 12.0 Å². The van der Waals surface area contributed by atoms with Crippen molar-refractivity contribution >= 4 is 55.2 Å². The maximum absolute atomic E-state index is 12.0. The van der Waals surface area contributed by atoms with E-state index in [1.165, 1.54) is 18.3 Å². The number of aromatic carboxylic acids is 1. The van der Waals surface area contributed by atoms with Gasteiger partial charge in [-0.3, -0.25) is 0 Å². The fourth-order valence-electron chi connectivity index (χ4n) is 1.56. The summed E-state index contributed by atoms with van der Waals surface area (Å²) in [6.07, 6.45) is 1.34. The Morgan fingerprint density at radius 1 is 1.05 bits per heavy atom. The van der Waals surface area contributed by atoms with Crippen LogP contribution in [0.2, 0.25) is 0 Å². The molecule has 0 radical (unpaired) electrons. The molecule has 1 aromatic heterocycles. The van der Waals surface area contributed by atoms with Gasteiger partial charge in [-0.25, -0.2) is 14.6 Å². The summed E-state index contributed by atoms with van der Waals surface area (Å²) < 4.78 is 1.38. The standard InChI is InChI=1S/C13H9Br2N3O3/c14-7-3-1-4-8(15)10(7)18-13(21)17-9-5-2-6-16-11(9)12(19)20/h1-6H,(H,19,20)(H2,17,18,21). The molecular weight excluding hydrogens is 406 g/mol.